The number of pyridine rings is 1. The first-order valence-corrected chi connectivity index (χ1v) is 9.31. The first kappa shape index (κ1) is 19.3. The molecule has 6 heteroatoms. The number of aromatic nitrogens is 1. The zero-order valence-electron chi connectivity index (χ0n) is 16.0. The fourth-order valence-corrected chi connectivity index (χ4v) is 3.72. The first-order chi connectivity index (χ1) is 13.1. The van der Waals surface area contributed by atoms with Crippen LogP contribution < -0.4 is 4.74 Å². The fourth-order valence-electron chi connectivity index (χ4n) is 3.72. The monoisotopic (exact) mass is 369 g/mol. The van der Waals surface area contributed by atoms with Crippen LogP contribution in [-0.2, 0) is 11.3 Å². The van der Waals surface area contributed by atoms with Gasteiger partial charge in [-0.3, -0.25) is 19.6 Å². The minimum Gasteiger partial charge on any atom is -0.497 e. The molecule has 0 amide bonds. The molecule has 0 aliphatic carbocycles. The van der Waals surface area contributed by atoms with Crippen LogP contribution in [0.25, 0.3) is 0 Å². The third-order valence-electron chi connectivity index (χ3n) is 5.12. The Bertz CT molecular complexity index is 767. The molecule has 1 aromatic carbocycles. The van der Waals surface area contributed by atoms with Gasteiger partial charge in [0, 0.05) is 38.6 Å². The number of rotatable bonds is 6. The molecule has 1 aliphatic rings. The smallest absolute Gasteiger partial charge is 0.325 e. The Morgan fingerprint density at radius 1 is 1.26 bits per heavy atom. The van der Waals surface area contributed by atoms with Crippen LogP contribution in [0.5, 0.6) is 5.75 Å². The van der Waals surface area contributed by atoms with Gasteiger partial charge in [-0.2, -0.15) is 0 Å². The third-order valence-corrected chi connectivity index (χ3v) is 5.12. The number of aliphatic carboxylic acids is 1. The van der Waals surface area contributed by atoms with Crippen molar-refractivity contribution in [3.8, 4) is 5.75 Å². The largest absolute Gasteiger partial charge is 0.497 e. The SMILES string of the molecule is COc1ccc([C@@H](C(=O)O)N2CCCN(Cc3cccnc3)CC2)c(C)c1. The molecule has 0 radical (unpaired) electrons. The van der Waals surface area contributed by atoms with Gasteiger partial charge in [-0.1, -0.05) is 12.1 Å². The van der Waals surface area contributed by atoms with Crippen LogP contribution >= 0.6 is 0 Å². The number of hydrogen-bond acceptors (Lipinski definition) is 5. The van der Waals surface area contributed by atoms with Gasteiger partial charge in [-0.05, 0) is 54.8 Å². The van der Waals surface area contributed by atoms with E-state index in [1.54, 1.807) is 13.3 Å². The third kappa shape index (κ3) is 4.84. The Hall–Kier alpha value is -2.44. The molecule has 144 valence electrons. The lowest BCUT2D eigenvalue weighted by molar-refractivity contribution is -0.143. The molecular weight excluding hydrogens is 342 g/mol. The van der Waals surface area contributed by atoms with Gasteiger partial charge in [0.25, 0.3) is 0 Å². The van der Waals surface area contributed by atoms with E-state index in [4.69, 9.17) is 4.74 Å². The summed E-state index contributed by atoms with van der Waals surface area (Å²) in [5, 5.41) is 9.93. The Morgan fingerprint density at radius 3 is 2.78 bits per heavy atom. The number of hydrogen-bond donors (Lipinski definition) is 1. The van der Waals surface area contributed by atoms with E-state index in [1.165, 1.54) is 5.56 Å². The molecule has 1 aromatic heterocycles. The number of aryl methyl sites for hydroxylation is 1. The molecule has 2 heterocycles. The van der Waals surface area contributed by atoms with Gasteiger partial charge in [0.15, 0.2) is 0 Å². The van der Waals surface area contributed by atoms with Crippen LogP contribution in [0, 0.1) is 6.92 Å². The van der Waals surface area contributed by atoms with E-state index in [0.717, 1.165) is 56.0 Å². The number of benzene rings is 1. The summed E-state index contributed by atoms with van der Waals surface area (Å²) in [6.45, 7) is 6.09. The number of methoxy groups -OCH3 is 1. The van der Waals surface area contributed by atoms with Crippen molar-refractivity contribution < 1.29 is 14.6 Å². The van der Waals surface area contributed by atoms with Gasteiger partial charge >= 0.3 is 5.97 Å². The molecule has 1 atom stereocenters. The summed E-state index contributed by atoms with van der Waals surface area (Å²) in [6, 6.07) is 9.02. The number of carboxylic acid groups (broad SMARTS) is 1. The highest BCUT2D eigenvalue weighted by atomic mass is 16.5. The molecule has 6 nitrogen and oxygen atoms in total. The van der Waals surface area contributed by atoms with Crippen molar-refractivity contribution >= 4 is 5.97 Å². The minimum atomic E-state index is -0.802. The molecule has 0 saturated carbocycles. The van der Waals surface area contributed by atoms with Crippen LogP contribution in [0.4, 0.5) is 0 Å². The quantitative estimate of drug-likeness (QED) is 0.845. The van der Waals surface area contributed by atoms with E-state index in [-0.39, 0.29) is 0 Å². The van der Waals surface area contributed by atoms with Crippen LogP contribution in [0.2, 0.25) is 0 Å². The standard InChI is InChI=1S/C21H27N3O3/c1-16-13-18(27-2)6-7-19(16)20(21(25)26)24-10-4-9-23(11-12-24)15-17-5-3-8-22-14-17/h3,5-8,13-14,20H,4,9-12,15H2,1-2H3,(H,25,26)/t20-/m0/s1. The Morgan fingerprint density at radius 2 is 2.11 bits per heavy atom. The summed E-state index contributed by atoms with van der Waals surface area (Å²) in [6.07, 6.45) is 4.62. The van der Waals surface area contributed by atoms with Crippen molar-refractivity contribution in [3.05, 3.63) is 59.4 Å². The summed E-state index contributed by atoms with van der Waals surface area (Å²) >= 11 is 0. The maximum absolute atomic E-state index is 12.1. The molecule has 0 unspecified atom stereocenters. The van der Waals surface area contributed by atoms with E-state index in [1.807, 2.05) is 37.4 Å². The van der Waals surface area contributed by atoms with Gasteiger partial charge in [-0.15, -0.1) is 0 Å². The topological polar surface area (TPSA) is 65.9 Å². The van der Waals surface area contributed by atoms with Crippen molar-refractivity contribution in [1.82, 2.24) is 14.8 Å². The molecule has 27 heavy (non-hydrogen) atoms. The predicted octanol–water partition coefficient (Wildman–Crippen LogP) is 2.73. The van der Waals surface area contributed by atoms with Crippen molar-refractivity contribution in [1.29, 1.82) is 0 Å². The Labute approximate surface area is 160 Å². The molecule has 3 rings (SSSR count). The van der Waals surface area contributed by atoms with Gasteiger partial charge in [0.2, 0.25) is 0 Å². The zero-order chi connectivity index (χ0) is 19.2. The van der Waals surface area contributed by atoms with Gasteiger partial charge < -0.3 is 9.84 Å². The number of carboxylic acids is 1. The van der Waals surface area contributed by atoms with E-state index in [2.05, 4.69) is 20.9 Å². The minimum absolute atomic E-state index is 0.630. The lowest BCUT2D eigenvalue weighted by atomic mass is 9.99. The summed E-state index contributed by atoms with van der Waals surface area (Å²) in [5.41, 5.74) is 2.97. The van der Waals surface area contributed by atoms with Crippen molar-refractivity contribution in [2.45, 2.75) is 25.9 Å². The number of carbonyl (C=O) groups is 1. The summed E-state index contributed by atoms with van der Waals surface area (Å²) in [5.74, 6) is -0.0529. The molecule has 1 fully saturated rings. The van der Waals surface area contributed by atoms with Crippen molar-refractivity contribution in [3.63, 3.8) is 0 Å². The molecule has 0 bridgehead atoms. The van der Waals surface area contributed by atoms with Crippen LogP contribution in [0.15, 0.2) is 42.7 Å². The second kappa shape index (κ2) is 8.97. The van der Waals surface area contributed by atoms with E-state index >= 15 is 0 Å². The maximum Gasteiger partial charge on any atom is 0.325 e. The van der Waals surface area contributed by atoms with Crippen molar-refractivity contribution in [2.24, 2.45) is 0 Å². The average Bonchev–Trinajstić information content (AvgIpc) is 2.89. The van der Waals surface area contributed by atoms with E-state index < -0.39 is 12.0 Å². The fraction of sp³-hybridized carbons (Fsp3) is 0.429. The van der Waals surface area contributed by atoms with E-state index in [9.17, 15) is 9.90 Å². The van der Waals surface area contributed by atoms with Crippen LogP contribution in [-0.4, -0.2) is 59.1 Å². The Kier molecular flexibility index (Phi) is 6.42. The predicted molar refractivity (Wildman–Crippen MR) is 104 cm³/mol. The van der Waals surface area contributed by atoms with Gasteiger partial charge in [0.05, 0.1) is 7.11 Å². The van der Waals surface area contributed by atoms with Crippen LogP contribution in [0.1, 0.15) is 29.2 Å². The van der Waals surface area contributed by atoms with E-state index in [0.29, 0.717) is 0 Å². The normalized spacial score (nSPS) is 17.3. The lowest BCUT2D eigenvalue weighted by Gasteiger charge is -2.29. The van der Waals surface area contributed by atoms with Crippen LogP contribution in [0.3, 0.4) is 0 Å². The van der Waals surface area contributed by atoms with Crippen molar-refractivity contribution in [2.75, 3.05) is 33.3 Å². The average molecular weight is 369 g/mol. The summed E-state index contributed by atoms with van der Waals surface area (Å²) < 4.78 is 5.25. The number of ether oxygens (including phenoxy) is 1. The summed E-state index contributed by atoms with van der Waals surface area (Å²) in [7, 11) is 1.62. The molecule has 2 aromatic rings. The first-order valence-electron chi connectivity index (χ1n) is 9.31. The molecule has 1 aliphatic heterocycles. The maximum atomic E-state index is 12.1. The molecule has 0 spiro atoms. The molecular formula is C21H27N3O3. The molecule has 1 saturated heterocycles. The zero-order valence-corrected chi connectivity index (χ0v) is 16.0. The lowest BCUT2D eigenvalue weighted by Crippen LogP contribution is -2.37. The highest BCUT2D eigenvalue weighted by molar-refractivity contribution is 5.76. The molecule has 1 N–H and O–H groups in total. The van der Waals surface area contributed by atoms with Gasteiger partial charge in [-0.25, -0.2) is 0 Å². The highest BCUT2D eigenvalue weighted by Crippen LogP contribution is 2.28. The second-order valence-electron chi connectivity index (χ2n) is 6.99. The highest BCUT2D eigenvalue weighted by Gasteiger charge is 2.30. The second-order valence-corrected chi connectivity index (χ2v) is 6.99. The van der Waals surface area contributed by atoms with Gasteiger partial charge in [0.1, 0.15) is 11.8 Å². The summed E-state index contributed by atoms with van der Waals surface area (Å²) in [4.78, 5) is 20.7. The Balaban J connectivity index is 1.72. The number of nitrogens with zero attached hydrogens (tertiary/aromatic N) is 3.